The second kappa shape index (κ2) is 6.44. The number of aliphatic hydroxyl groups excluding tert-OH is 1. The second-order valence-corrected chi connectivity index (χ2v) is 3.68. The molecule has 0 spiro atoms. The van der Waals surface area contributed by atoms with Gasteiger partial charge in [0, 0.05) is 26.2 Å². The summed E-state index contributed by atoms with van der Waals surface area (Å²) in [5, 5.41) is 8.82. The van der Waals surface area contributed by atoms with E-state index >= 15 is 0 Å². The maximum absolute atomic E-state index is 11.5. The van der Waals surface area contributed by atoms with Crippen LogP contribution in [-0.2, 0) is 4.79 Å². The first-order valence-corrected chi connectivity index (χ1v) is 5.32. The molecule has 0 aromatic rings. The molecule has 1 aliphatic rings. The smallest absolute Gasteiger partial charge is 0.234 e. The molecule has 0 aromatic carbocycles. The van der Waals surface area contributed by atoms with E-state index in [1.54, 1.807) is 0 Å². The van der Waals surface area contributed by atoms with Crippen molar-refractivity contribution in [3.63, 3.8) is 0 Å². The van der Waals surface area contributed by atoms with E-state index in [0.717, 1.165) is 32.6 Å². The van der Waals surface area contributed by atoms with Crippen LogP contribution < -0.4 is 0 Å². The van der Waals surface area contributed by atoms with Gasteiger partial charge in [0.25, 0.3) is 0 Å². The number of aliphatic hydroxyl groups is 1. The van der Waals surface area contributed by atoms with E-state index in [1.165, 1.54) is 0 Å². The van der Waals surface area contributed by atoms with Gasteiger partial charge in [-0.2, -0.15) is 0 Å². The van der Waals surface area contributed by atoms with Crippen LogP contribution in [0, 0.1) is 12.3 Å². The lowest BCUT2D eigenvalue weighted by Gasteiger charge is -2.20. The van der Waals surface area contributed by atoms with Crippen LogP contribution in [0.1, 0.15) is 12.8 Å². The third-order valence-electron chi connectivity index (χ3n) is 2.61. The summed E-state index contributed by atoms with van der Waals surface area (Å²) in [5.74, 6) is 2.42. The van der Waals surface area contributed by atoms with E-state index in [1.807, 2.05) is 4.90 Å². The van der Waals surface area contributed by atoms with E-state index < -0.39 is 0 Å². The highest BCUT2D eigenvalue weighted by Gasteiger charge is 2.17. The largest absolute Gasteiger partial charge is 0.395 e. The number of nitrogens with zero attached hydrogens (tertiary/aromatic N) is 2. The Kier molecular flexibility index (Phi) is 5.16. The fourth-order valence-corrected chi connectivity index (χ4v) is 1.78. The minimum absolute atomic E-state index is 0.0448. The maximum atomic E-state index is 11.5. The Balaban J connectivity index is 2.39. The van der Waals surface area contributed by atoms with E-state index in [0.29, 0.717) is 6.54 Å². The molecule has 1 heterocycles. The van der Waals surface area contributed by atoms with Crippen molar-refractivity contribution in [3.8, 4) is 12.3 Å². The summed E-state index contributed by atoms with van der Waals surface area (Å²) in [6.45, 7) is 4.15. The molecular formula is C11H18N2O2. The van der Waals surface area contributed by atoms with Crippen LogP contribution in [-0.4, -0.2) is 60.1 Å². The fourth-order valence-electron chi connectivity index (χ4n) is 1.78. The zero-order valence-corrected chi connectivity index (χ0v) is 8.98. The van der Waals surface area contributed by atoms with Crippen LogP contribution in [0.5, 0.6) is 0 Å². The van der Waals surface area contributed by atoms with Crippen molar-refractivity contribution < 1.29 is 9.90 Å². The molecule has 4 heteroatoms. The third kappa shape index (κ3) is 3.90. The van der Waals surface area contributed by atoms with Crippen molar-refractivity contribution in [3.05, 3.63) is 0 Å². The quantitative estimate of drug-likeness (QED) is 0.641. The SMILES string of the molecule is C#CCC(=O)N1CCCN(CCO)CC1. The minimum atomic E-state index is 0.0448. The van der Waals surface area contributed by atoms with Gasteiger partial charge in [-0.3, -0.25) is 9.69 Å². The van der Waals surface area contributed by atoms with Crippen molar-refractivity contribution in [2.45, 2.75) is 12.8 Å². The van der Waals surface area contributed by atoms with Gasteiger partial charge >= 0.3 is 0 Å². The molecule has 15 heavy (non-hydrogen) atoms. The van der Waals surface area contributed by atoms with Gasteiger partial charge in [0.2, 0.25) is 5.91 Å². The Morgan fingerprint density at radius 3 is 2.80 bits per heavy atom. The molecule has 4 nitrogen and oxygen atoms in total. The van der Waals surface area contributed by atoms with Gasteiger partial charge in [-0.25, -0.2) is 0 Å². The van der Waals surface area contributed by atoms with Gasteiger partial charge in [0.15, 0.2) is 0 Å². The molecular weight excluding hydrogens is 192 g/mol. The van der Waals surface area contributed by atoms with Crippen LogP contribution in [0.3, 0.4) is 0 Å². The average molecular weight is 210 g/mol. The van der Waals surface area contributed by atoms with Crippen molar-refractivity contribution in [2.24, 2.45) is 0 Å². The van der Waals surface area contributed by atoms with Crippen LogP contribution in [0.15, 0.2) is 0 Å². The standard InChI is InChI=1S/C11H18N2O2/c1-2-4-11(15)13-6-3-5-12(7-8-13)9-10-14/h1,14H,3-10H2. The molecule has 0 aliphatic carbocycles. The van der Waals surface area contributed by atoms with Crippen molar-refractivity contribution >= 4 is 5.91 Å². The molecule has 1 amide bonds. The fraction of sp³-hybridized carbons (Fsp3) is 0.727. The van der Waals surface area contributed by atoms with Crippen LogP contribution in [0.4, 0.5) is 0 Å². The topological polar surface area (TPSA) is 43.8 Å². The van der Waals surface area contributed by atoms with Gasteiger partial charge in [0.05, 0.1) is 13.0 Å². The summed E-state index contributed by atoms with van der Waals surface area (Å²) in [7, 11) is 0. The average Bonchev–Trinajstić information content (AvgIpc) is 2.44. The molecule has 0 aromatic heterocycles. The first kappa shape index (κ1) is 12.0. The number of hydrogen-bond donors (Lipinski definition) is 1. The first-order chi connectivity index (χ1) is 7.27. The Morgan fingerprint density at radius 1 is 1.33 bits per heavy atom. The summed E-state index contributed by atoms with van der Waals surface area (Å²) in [6.07, 6.45) is 6.26. The highest BCUT2D eigenvalue weighted by atomic mass is 16.3. The lowest BCUT2D eigenvalue weighted by molar-refractivity contribution is -0.129. The van der Waals surface area contributed by atoms with Gasteiger partial charge < -0.3 is 10.0 Å². The van der Waals surface area contributed by atoms with E-state index in [4.69, 9.17) is 11.5 Å². The Morgan fingerprint density at radius 2 is 2.13 bits per heavy atom. The Bertz CT molecular complexity index is 247. The minimum Gasteiger partial charge on any atom is -0.395 e. The molecule has 1 saturated heterocycles. The molecule has 1 N–H and O–H groups in total. The molecule has 0 radical (unpaired) electrons. The summed E-state index contributed by atoms with van der Waals surface area (Å²) in [4.78, 5) is 15.5. The third-order valence-corrected chi connectivity index (χ3v) is 2.61. The number of carbonyl (C=O) groups is 1. The monoisotopic (exact) mass is 210 g/mol. The number of β-amino-alcohol motifs (C(OH)–C–C–N with tert-alkyl or cyclic N) is 1. The number of terminal acetylenes is 1. The molecule has 0 saturated carbocycles. The lowest BCUT2D eigenvalue weighted by atomic mass is 10.3. The van der Waals surface area contributed by atoms with Crippen molar-refractivity contribution in [1.29, 1.82) is 0 Å². The predicted octanol–water partition coefficient (Wildman–Crippen LogP) is -0.464. The van der Waals surface area contributed by atoms with E-state index in [9.17, 15) is 4.79 Å². The summed E-state index contributed by atoms with van der Waals surface area (Å²) in [5.41, 5.74) is 0. The van der Waals surface area contributed by atoms with E-state index in [2.05, 4.69) is 10.8 Å². The van der Waals surface area contributed by atoms with Crippen molar-refractivity contribution in [2.75, 3.05) is 39.3 Å². The van der Waals surface area contributed by atoms with E-state index in [-0.39, 0.29) is 18.9 Å². The predicted molar refractivity (Wildman–Crippen MR) is 58.2 cm³/mol. The van der Waals surface area contributed by atoms with Crippen LogP contribution in [0.2, 0.25) is 0 Å². The highest BCUT2D eigenvalue weighted by molar-refractivity contribution is 5.78. The molecule has 1 rings (SSSR count). The van der Waals surface area contributed by atoms with Crippen LogP contribution in [0.25, 0.3) is 0 Å². The molecule has 0 atom stereocenters. The normalized spacial score (nSPS) is 18.3. The lowest BCUT2D eigenvalue weighted by Crippen LogP contribution is -2.35. The zero-order chi connectivity index (χ0) is 11.1. The number of amides is 1. The number of rotatable bonds is 3. The number of hydrogen-bond acceptors (Lipinski definition) is 3. The van der Waals surface area contributed by atoms with Gasteiger partial charge in [-0.1, -0.05) is 5.92 Å². The zero-order valence-electron chi connectivity index (χ0n) is 8.98. The van der Waals surface area contributed by atoms with Crippen molar-refractivity contribution in [1.82, 2.24) is 9.80 Å². The molecule has 84 valence electrons. The molecule has 0 bridgehead atoms. The second-order valence-electron chi connectivity index (χ2n) is 3.68. The maximum Gasteiger partial charge on any atom is 0.234 e. The number of carbonyl (C=O) groups excluding carboxylic acids is 1. The summed E-state index contributed by atoms with van der Waals surface area (Å²) in [6, 6.07) is 0. The molecule has 1 aliphatic heterocycles. The van der Waals surface area contributed by atoms with Gasteiger partial charge in [0.1, 0.15) is 0 Å². The summed E-state index contributed by atoms with van der Waals surface area (Å²) < 4.78 is 0. The summed E-state index contributed by atoms with van der Waals surface area (Å²) >= 11 is 0. The Hall–Kier alpha value is -1.05. The molecule has 0 unspecified atom stereocenters. The molecule has 1 fully saturated rings. The van der Waals surface area contributed by atoms with Gasteiger partial charge in [-0.15, -0.1) is 6.42 Å². The first-order valence-electron chi connectivity index (χ1n) is 5.32. The Labute approximate surface area is 90.9 Å². The van der Waals surface area contributed by atoms with Gasteiger partial charge in [-0.05, 0) is 13.0 Å². The highest BCUT2D eigenvalue weighted by Crippen LogP contribution is 2.04. The van der Waals surface area contributed by atoms with Crippen LogP contribution >= 0.6 is 0 Å².